The number of nitrogens with one attached hydrogen (secondary N) is 1. The molecule has 98 valence electrons. The maximum atomic E-state index is 12.2. The first-order valence-corrected chi connectivity index (χ1v) is 6.86. The monoisotopic (exact) mass is 311 g/mol. The van der Waals surface area contributed by atoms with Crippen LogP contribution in [0.1, 0.15) is 36.2 Å². The standard InChI is InChI=1S/C14H18BrNO2/c1-8-4-5-9(15)6-10(8)13(18)16-11-7-12(17)14(11,2)3/h4-6,11-12,17H,7H2,1-3H3,(H,16,18). The normalized spacial score (nSPS) is 25.4. The molecule has 2 unspecified atom stereocenters. The predicted molar refractivity (Wildman–Crippen MR) is 74.5 cm³/mol. The van der Waals surface area contributed by atoms with Crippen molar-refractivity contribution in [1.29, 1.82) is 0 Å². The van der Waals surface area contributed by atoms with Gasteiger partial charge in [-0.05, 0) is 31.0 Å². The number of amides is 1. The number of carbonyl (C=O) groups excluding carboxylic acids is 1. The summed E-state index contributed by atoms with van der Waals surface area (Å²) in [5.41, 5.74) is 1.39. The van der Waals surface area contributed by atoms with Gasteiger partial charge in [0.2, 0.25) is 0 Å². The summed E-state index contributed by atoms with van der Waals surface area (Å²) >= 11 is 3.37. The molecule has 3 nitrogen and oxygen atoms in total. The summed E-state index contributed by atoms with van der Waals surface area (Å²) in [7, 11) is 0. The zero-order valence-electron chi connectivity index (χ0n) is 10.8. The van der Waals surface area contributed by atoms with Gasteiger partial charge in [0.25, 0.3) is 5.91 Å². The van der Waals surface area contributed by atoms with Crippen molar-refractivity contribution >= 4 is 21.8 Å². The van der Waals surface area contributed by atoms with Crippen molar-refractivity contribution in [1.82, 2.24) is 5.32 Å². The molecule has 1 aliphatic carbocycles. The molecule has 1 fully saturated rings. The Morgan fingerprint density at radius 1 is 1.50 bits per heavy atom. The summed E-state index contributed by atoms with van der Waals surface area (Å²) in [6.07, 6.45) is 0.303. The van der Waals surface area contributed by atoms with Gasteiger partial charge in [-0.1, -0.05) is 35.8 Å². The highest BCUT2D eigenvalue weighted by Gasteiger charge is 2.48. The Labute approximate surface area is 116 Å². The molecule has 0 aliphatic heterocycles. The third-order valence-electron chi connectivity index (χ3n) is 3.97. The van der Waals surface area contributed by atoms with E-state index < -0.39 is 0 Å². The summed E-state index contributed by atoms with van der Waals surface area (Å²) in [5.74, 6) is -0.0706. The van der Waals surface area contributed by atoms with E-state index in [1.165, 1.54) is 0 Å². The molecule has 1 aliphatic rings. The number of benzene rings is 1. The van der Waals surface area contributed by atoms with Crippen LogP contribution in [0.2, 0.25) is 0 Å². The number of halogens is 1. The molecule has 1 aromatic carbocycles. The molecule has 4 heteroatoms. The second-order valence-electron chi connectivity index (χ2n) is 5.56. The summed E-state index contributed by atoms with van der Waals surface area (Å²) in [4.78, 5) is 12.2. The van der Waals surface area contributed by atoms with Gasteiger partial charge in [-0.3, -0.25) is 4.79 Å². The third-order valence-corrected chi connectivity index (χ3v) is 4.46. The Hall–Kier alpha value is -0.870. The van der Waals surface area contributed by atoms with Crippen LogP contribution in [0.25, 0.3) is 0 Å². The van der Waals surface area contributed by atoms with E-state index in [0.29, 0.717) is 12.0 Å². The maximum Gasteiger partial charge on any atom is 0.251 e. The topological polar surface area (TPSA) is 49.3 Å². The van der Waals surface area contributed by atoms with E-state index in [4.69, 9.17) is 0 Å². The van der Waals surface area contributed by atoms with Gasteiger partial charge in [0.05, 0.1) is 6.10 Å². The molecule has 0 bridgehead atoms. The fraction of sp³-hybridized carbons (Fsp3) is 0.500. The molecule has 2 atom stereocenters. The number of aryl methyl sites for hydroxylation is 1. The Balaban J connectivity index is 2.12. The smallest absolute Gasteiger partial charge is 0.251 e. The second kappa shape index (κ2) is 4.67. The number of carbonyl (C=O) groups is 1. The SMILES string of the molecule is Cc1ccc(Br)cc1C(=O)NC1CC(O)C1(C)C. The molecule has 1 amide bonds. The lowest BCUT2D eigenvalue weighted by Gasteiger charge is -2.49. The van der Waals surface area contributed by atoms with Crippen LogP contribution < -0.4 is 5.32 Å². The first-order chi connectivity index (χ1) is 8.32. The van der Waals surface area contributed by atoms with Gasteiger partial charge < -0.3 is 10.4 Å². The van der Waals surface area contributed by atoms with E-state index in [1.54, 1.807) is 0 Å². The van der Waals surface area contributed by atoms with Crippen LogP contribution in [-0.4, -0.2) is 23.2 Å². The Kier molecular flexibility index (Phi) is 3.52. The second-order valence-corrected chi connectivity index (χ2v) is 6.47. The van der Waals surface area contributed by atoms with E-state index in [9.17, 15) is 9.90 Å². The molecular formula is C14H18BrNO2. The molecule has 2 rings (SSSR count). The summed E-state index contributed by atoms with van der Waals surface area (Å²) < 4.78 is 0.895. The van der Waals surface area contributed by atoms with E-state index in [1.807, 2.05) is 39.0 Å². The van der Waals surface area contributed by atoms with Crippen LogP contribution in [0.5, 0.6) is 0 Å². The zero-order valence-corrected chi connectivity index (χ0v) is 12.4. The third kappa shape index (κ3) is 2.31. The van der Waals surface area contributed by atoms with Gasteiger partial charge in [0, 0.05) is 21.5 Å². The lowest BCUT2D eigenvalue weighted by Crippen LogP contribution is -2.61. The summed E-state index contributed by atoms with van der Waals surface area (Å²) in [6.45, 7) is 5.86. The average Bonchev–Trinajstić information content (AvgIpc) is 2.31. The Morgan fingerprint density at radius 3 is 2.72 bits per heavy atom. The highest BCUT2D eigenvalue weighted by Crippen LogP contribution is 2.40. The lowest BCUT2D eigenvalue weighted by molar-refractivity contribution is -0.0689. The van der Waals surface area contributed by atoms with Gasteiger partial charge in [-0.15, -0.1) is 0 Å². The molecule has 18 heavy (non-hydrogen) atoms. The van der Waals surface area contributed by atoms with Crippen molar-refractivity contribution in [2.75, 3.05) is 0 Å². The minimum Gasteiger partial charge on any atom is -0.392 e. The molecule has 0 saturated heterocycles. The number of hydrogen-bond donors (Lipinski definition) is 2. The van der Waals surface area contributed by atoms with Gasteiger partial charge in [-0.2, -0.15) is 0 Å². The zero-order chi connectivity index (χ0) is 13.5. The molecule has 1 saturated carbocycles. The van der Waals surface area contributed by atoms with Crippen molar-refractivity contribution in [3.8, 4) is 0 Å². The maximum absolute atomic E-state index is 12.2. The lowest BCUT2D eigenvalue weighted by atomic mass is 9.64. The predicted octanol–water partition coefficient (Wildman–Crippen LogP) is 2.65. The van der Waals surface area contributed by atoms with Crippen LogP contribution in [0.4, 0.5) is 0 Å². The van der Waals surface area contributed by atoms with Crippen molar-refractivity contribution in [2.45, 2.75) is 39.3 Å². The van der Waals surface area contributed by atoms with Crippen LogP contribution in [0.3, 0.4) is 0 Å². The Morgan fingerprint density at radius 2 is 2.17 bits per heavy atom. The van der Waals surface area contributed by atoms with Crippen LogP contribution in [0, 0.1) is 12.3 Å². The molecule has 0 spiro atoms. The van der Waals surface area contributed by atoms with E-state index >= 15 is 0 Å². The van der Waals surface area contributed by atoms with Gasteiger partial charge in [0.15, 0.2) is 0 Å². The van der Waals surface area contributed by atoms with E-state index in [2.05, 4.69) is 21.2 Å². The average molecular weight is 312 g/mol. The fourth-order valence-corrected chi connectivity index (χ4v) is 2.58. The minimum atomic E-state index is -0.327. The molecule has 1 aromatic rings. The first-order valence-electron chi connectivity index (χ1n) is 6.07. The van der Waals surface area contributed by atoms with E-state index in [0.717, 1.165) is 10.0 Å². The fourth-order valence-electron chi connectivity index (χ4n) is 2.22. The molecule has 2 N–H and O–H groups in total. The van der Waals surface area contributed by atoms with Crippen molar-refractivity contribution in [3.05, 3.63) is 33.8 Å². The highest BCUT2D eigenvalue weighted by molar-refractivity contribution is 9.10. The van der Waals surface area contributed by atoms with Gasteiger partial charge in [0.1, 0.15) is 0 Å². The van der Waals surface area contributed by atoms with Crippen LogP contribution in [0.15, 0.2) is 22.7 Å². The molecule has 0 radical (unpaired) electrons. The number of rotatable bonds is 2. The summed E-state index contributed by atoms with van der Waals surface area (Å²) in [6, 6.07) is 5.70. The number of aliphatic hydroxyl groups excluding tert-OH is 1. The molecule has 0 aromatic heterocycles. The van der Waals surface area contributed by atoms with Gasteiger partial charge in [-0.25, -0.2) is 0 Å². The highest BCUT2D eigenvalue weighted by atomic mass is 79.9. The number of aliphatic hydroxyl groups is 1. The van der Waals surface area contributed by atoms with Gasteiger partial charge >= 0.3 is 0 Å². The van der Waals surface area contributed by atoms with Crippen LogP contribution >= 0.6 is 15.9 Å². The first kappa shape index (κ1) is 13.6. The molecular weight excluding hydrogens is 294 g/mol. The minimum absolute atomic E-state index is 0.0402. The van der Waals surface area contributed by atoms with E-state index in [-0.39, 0.29) is 23.5 Å². The van der Waals surface area contributed by atoms with Crippen molar-refractivity contribution in [2.24, 2.45) is 5.41 Å². The van der Waals surface area contributed by atoms with Crippen molar-refractivity contribution in [3.63, 3.8) is 0 Å². The Bertz CT molecular complexity index is 485. The van der Waals surface area contributed by atoms with Crippen LogP contribution in [-0.2, 0) is 0 Å². The van der Waals surface area contributed by atoms with Crippen molar-refractivity contribution < 1.29 is 9.90 Å². The summed E-state index contributed by atoms with van der Waals surface area (Å²) in [5, 5.41) is 12.7. The molecule has 0 heterocycles. The largest absolute Gasteiger partial charge is 0.392 e. The number of hydrogen-bond acceptors (Lipinski definition) is 2. The quantitative estimate of drug-likeness (QED) is 0.882.